The van der Waals surface area contributed by atoms with Crippen molar-refractivity contribution in [1.29, 1.82) is 0 Å². The maximum Gasteiger partial charge on any atom is 0.310 e. The van der Waals surface area contributed by atoms with Crippen molar-refractivity contribution in [2.24, 2.45) is 0 Å². The molecule has 0 fully saturated rings. The van der Waals surface area contributed by atoms with Gasteiger partial charge in [0, 0.05) is 0 Å². The van der Waals surface area contributed by atoms with E-state index >= 15 is 0 Å². The Kier molecular flexibility index (Phi) is 10.8. The number of halogens is 1. The molecule has 6 heteroatoms. The van der Waals surface area contributed by atoms with Gasteiger partial charge in [-0.3, -0.25) is 9.59 Å². The van der Waals surface area contributed by atoms with Crippen molar-refractivity contribution in [3.63, 3.8) is 0 Å². The minimum atomic E-state index is -0.226. The summed E-state index contributed by atoms with van der Waals surface area (Å²) < 4.78 is 11.3. The van der Waals surface area contributed by atoms with Gasteiger partial charge in [0.15, 0.2) is 0 Å². The van der Waals surface area contributed by atoms with Gasteiger partial charge in [-0.15, -0.1) is 0 Å². The van der Waals surface area contributed by atoms with Crippen LogP contribution in [0.15, 0.2) is 60.7 Å². The predicted molar refractivity (Wildman–Crippen MR) is 104 cm³/mol. The molecule has 0 aliphatic carbocycles. The van der Waals surface area contributed by atoms with E-state index in [0.717, 1.165) is 11.1 Å². The number of likely N-dealkylation sites (N-methyl/N-ethyl adjacent to an activating group) is 1. The Morgan fingerprint density at radius 2 is 1.07 bits per heavy atom. The lowest BCUT2D eigenvalue weighted by Gasteiger charge is -2.29. The van der Waals surface area contributed by atoms with Gasteiger partial charge in [-0.25, -0.2) is 0 Å². The summed E-state index contributed by atoms with van der Waals surface area (Å²) in [4.78, 5) is 23.8. The second-order valence-corrected chi connectivity index (χ2v) is 7.15. The number of quaternary nitrogens is 1. The summed E-state index contributed by atoms with van der Waals surface area (Å²) in [5.74, 6) is -0.453. The van der Waals surface area contributed by atoms with Gasteiger partial charge in [-0.1, -0.05) is 60.7 Å². The van der Waals surface area contributed by atoms with Crippen molar-refractivity contribution >= 4 is 11.9 Å². The van der Waals surface area contributed by atoms with E-state index < -0.39 is 0 Å². The minimum absolute atomic E-state index is 0. The molecule has 0 saturated carbocycles. The van der Waals surface area contributed by atoms with Gasteiger partial charge < -0.3 is 37.9 Å². The summed E-state index contributed by atoms with van der Waals surface area (Å²) in [6.07, 6.45) is 0.566. The van der Waals surface area contributed by atoms with Gasteiger partial charge in [-0.2, -0.15) is 0 Å². The van der Waals surface area contributed by atoms with Crippen molar-refractivity contribution in [2.45, 2.75) is 12.8 Å². The second kappa shape index (κ2) is 12.5. The summed E-state index contributed by atoms with van der Waals surface area (Å²) in [6, 6.07) is 19.1. The first-order valence-electron chi connectivity index (χ1n) is 9.16. The molecule has 0 amide bonds. The number of esters is 2. The topological polar surface area (TPSA) is 52.6 Å². The molecule has 0 heterocycles. The van der Waals surface area contributed by atoms with Crippen LogP contribution in [-0.4, -0.2) is 56.8 Å². The minimum Gasteiger partial charge on any atom is -1.00 e. The average molecular weight is 497 g/mol. The van der Waals surface area contributed by atoms with Crippen LogP contribution in [0.5, 0.6) is 0 Å². The molecule has 2 rings (SSSR count). The highest BCUT2D eigenvalue weighted by atomic mass is 127. The summed E-state index contributed by atoms with van der Waals surface area (Å²) >= 11 is 0. The molecule has 5 nitrogen and oxygen atoms in total. The molecule has 0 bridgehead atoms. The number of carbonyl (C=O) groups excluding carboxylic acids is 2. The zero-order valence-electron chi connectivity index (χ0n) is 16.5. The van der Waals surface area contributed by atoms with Gasteiger partial charge >= 0.3 is 11.9 Å². The molecule has 2 aromatic rings. The van der Waals surface area contributed by atoms with E-state index in [1.54, 1.807) is 0 Å². The number of hydrogen-bond donors (Lipinski definition) is 0. The molecule has 2 aromatic carbocycles. The SMILES string of the molecule is C[N+](C)(CCOC(=O)Cc1ccccc1)CCOC(=O)Cc1ccccc1.[I-]. The van der Waals surface area contributed by atoms with E-state index in [-0.39, 0.29) is 48.8 Å². The number of rotatable bonds is 10. The number of hydrogen-bond acceptors (Lipinski definition) is 4. The molecule has 152 valence electrons. The summed E-state index contributed by atoms with van der Waals surface area (Å²) in [7, 11) is 4.05. The maximum absolute atomic E-state index is 11.9. The van der Waals surface area contributed by atoms with Crippen LogP contribution in [-0.2, 0) is 31.9 Å². The molecule has 28 heavy (non-hydrogen) atoms. The zero-order chi connectivity index (χ0) is 19.5. The molecule has 0 spiro atoms. The molecular weight excluding hydrogens is 469 g/mol. The van der Waals surface area contributed by atoms with Gasteiger partial charge in [-0.05, 0) is 11.1 Å². The van der Waals surface area contributed by atoms with Crippen molar-refractivity contribution < 1.29 is 47.5 Å². The van der Waals surface area contributed by atoms with Crippen molar-refractivity contribution in [2.75, 3.05) is 40.4 Å². The summed E-state index contributed by atoms with van der Waals surface area (Å²) in [6.45, 7) is 2.01. The Morgan fingerprint density at radius 3 is 1.43 bits per heavy atom. The Bertz CT molecular complexity index is 658. The van der Waals surface area contributed by atoms with E-state index in [2.05, 4.69) is 0 Å². The Morgan fingerprint density at radius 1 is 0.714 bits per heavy atom. The average Bonchev–Trinajstić information content (AvgIpc) is 2.63. The third-order valence-electron chi connectivity index (χ3n) is 4.30. The van der Waals surface area contributed by atoms with Crippen LogP contribution in [0.1, 0.15) is 11.1 Å². The molecular formula is C22H28INO4. The predicted octanol–water partition coefficient (Wildman–Crippen LogP) is -0.361. The lowest BCUT2D eigenvalue weighted by atomic mass is 10.2. The smallest absolute Gasteiger partial charge is 0.310 e. The largest absolute Gasteiger partial charge is 1.00 e. The second-order valence-electron chi connectivity index (χ2n) is 7.15. The molecule has 0 atom stereocenters. The summed E-state index contributed by atoms with van der Waals surface area (Å²) in [5, 5.41) is 0. The van der Waals surface area contributed by atoms with Crippen molar-refractivity contribution in [1.82, 2.24) is 0 Å². The fraction of sp³-hybridized carbons (Fsp3) is 0.364. The number of nitrogens with zero attached hydrogens (tertiary/aromatic N) is 1. The molecule has 0 aliphatic rings. The monoisotopic (exact) mass is 497 g/mol. The van der Waals surface area contributed by atoms with E-state index in [1.165, 1.54) is 0 Å². The zero-order valence-corrected chi connectivity index (χ0v) is 18.6. The normalized spacial score (nSPS) is 10.6. The van der Waals surface area contributed by atoms with E-state index in [9.17, 15) is 9.59 Å². The highest BCUT2D eigenvalue weighted by Gasteiger charge is 2.17. The molecule has 0 unspecified atom stereocenters. The maximum atomic E-state index is 11.9. The lowest BCUT2D eigenvalue weighted by molar-refractivity contribution is -0.890. The molecule has 0 saturated heterocycles. The molecule has 0 N–H and O–H groups in total. The van der Waals surface area contributed by atoms with E-state index in [1.807, 2.05) is 74.8 Å². The van der Waals surface area contributed by atoms with Crippen LogP contribution in [0.25, 0.3) is 0 Å². The van der Waals surface area contributed by atoms with E-state index in [0.29, 0.717) is 30.8 Å². The number of benzene rings is 2. The van der Waals surface area contributed by atoms with Crippen molar-refractivity contribution in [3.05, 3.63) is 71.8 Å². The first-order chi connectivity index (χ1) is 12.9. The standard InChI is InChI=1S/C22H28NO4.HI/c1-23(2,13-15-26-21(24)17-19-9-5-3-6-10-19)14-16-27-22(25)18-20-11-7-4-8-12-20;/h3-12H,13-18H2,1-2H3;1H/q+1;/p-1. The van der Waals surface area contributed by atoms with Gasteiger partial charge in [0.05, 0.1) is 26.9 Å². The molecule has 0 radical (unpaired) electrons. The van der Waals surface area contributed by atoms with Crippen LogP contribution >= 0.6 is 0 Å². The van der Waals surface area contributed by atoms with Crippen LogP contribution in [0.4, 0.5) is 0 Å². The molecule has 0 aromatic heterocycles. The van der Waals surface area contributed by atoms with E-state index in [4.69, 9.17) is 9.47 Å². The van der Waals surface area contributed by atoms with Crippen LogP contribution in [0, 0.1) is 0 Å². The third-order valence-corrected chi connectivity index (χ3v) is 4.30. The highest BCUT2D eigenvalue weighted by Crippen LogP contribution is 2.04. The Hall–Kier alpha value is -1.93. The fourth-order valence-corrected chi connectivity index (χ4v) is 2.55. The Labute approximate surface area is 184 Å². The quantitative estimate of drug-likeness (QED) is 0.256. The number of carbonyl (C=O) groups is 2. The number of ether oxygens (including phenoxy) is 2. The first-order valence-corrected chi connectivity index (χ1v) is 9.16. The van der Waals surface area contributed by atoms with Crippen LogP contribution < -0.4 is 24.0 Å². The van der Waals surface area contributed by atoms with Crippen LogP contribution in [0.3, 0.4) is 0 Å². The Balaban J connectivity index is 0.00000392. The van der Waals surface area contributed by atoms with Gasteiger partial charge in [0.2, 0.25) is 0 Å². The van der Waals surface area contributed by atoms with Crippen LogP contribution in [0.2, 0.25) is 0 Å². The van der Waals surface area contributed by atoms with Gasteiger partial charge in [0.25, 0.3) is 0 Å². The fourth-order valence-electron chi connectivity index (χ4n) is 2.55. The third kappa shape index (κ3) is 9.85. The molecule has 0 aliphatic heterocycles. The van der Waals surface area contributed by atoms with Crippen molar-refractivity contribution in [3.8, 4) is 0 Å². The van der Waals surface area contributed by atoms with Gasteiger partial charge in [0.1, 0.15) is 26.3 Å². The first kappa shape index (κ1) is 24.1. The lowest BCUT2D eigenvalue weighted by Crippen LogP contribution is -3.00. The highest BCUT2D eigenvalue weighted by molar-refractivity contribution is 5.72. The summed E-state index contributed by atoms with van der Waals surface area (Å²) in [5.41, 5.74) is 1.89.